The van der Waals surface area contributed by atoms with Gasteiger partial charge in [-0.2, -0.15) is 0 Å². The average Bonchev–Trinajstić information content (AvgIpc) is 3.47. The minimum Gasteiger partial charge on any atom is -0.376 e. The fourth-order valence-electron chi connectivity index (χ4n) is 4.27. The van der Waals surface area contributed by atoms with Crippen LogP contribution >= 0.6 is 11.3 Å². The highest BCUT2D eigenvalue weighted by Crippen LogP contribution is 2.33. The van der Waals surface area contributed by atoms with Crippen LogP contribution in [0.25, 0.3) is 0 Å². The van der Waals surface area contributed by atoms with E-state index in [9.17, 15) is 9.59 Å². The van der Waals surface area contributed by atoms with E-state index in [1.165, 1.54) is 11.3 Å². The first kappa shape index (κ1) is 24.1. The first-order valence-corrected chi connectivity index (χ1v) is 12.5. The fraction of sp³-hybridized carbons (Fsp3) is 0.370. The van der Waals surface area contributed by atoms with Crippen molar-refractivity contribution in [2.24, 2.45) is 0 Å². The predicted molar refractivity (Wildman–Crippen MR) is 135 cm³/mol. The van der Waals surface area contributed by atoms with Crippen molar-refractivity contribution < 1.29 is 14.3 Å². The lowest BCUT2D eigenvalue weighted by molar-refractivity contribution is -0.123. The number of aryl methyl sites for hydroxylation is 4. The summed E-state index contributed by atoms with van der Waals surface area (Å²) in [7, 11) is 0. The van der Waals surface area contributed by atoms with Crippen LogP contribution in [-0.4, -0.2) is 36.1 Å². The number of amides is 2. The Kier molecular flexibility index (Phi) is 7.44. The number of carbonyl (C=O) groups is 2. The smallest absolute Gasteiger partial charge is 0.271 e. The highest BCUT2D eigenvalue weighted by Gasteiger charge is 2.35. The number of nitrogens with zero attached hydrogens (tertiary/aromatic N) is 2. The molecular formula is C27H31N3O3S. The Morgan fingerprint density at radius 3 is 2.50 bits per heavy atom. The van der Waals surface area contributed by atoms with Crippen molar-refractivity contribution in [1.29, 1.82) is 0 Å². The third-order valence-electron chi connectivity index (χ3n) is 6.24. The van der Waals surface area contributed by atoms with Crippen LogP contribution in [0.3, 0.4) is 0 Å². The van der Waals surface area contributed by atoms with Crippen LogP contribution in [-0.2, 0) is 9.53 Å². The van der Waals surface area contributed by atoms with E-state index in [1.54, 1.807) is 4.90 Å². The molecule has 6 nitrogen and oxygen atoms in total. The molecule has 2 amide bonds. The quantitative estimate of drug-likeness (QED) is 0.516. The van der Waals surface area contributed by atoms with E-state index in [0.29, 0.717) is 22.8 Å². The van der Waals surface area contributed by atoms with Crippen LogP contribution in [0.4, 0.5) is 5.69 Å². The molecule has 2 heterocycles. The summed E-state index contributed by atoms with van der Waals surface area (Å²) < 4.78 is 5.70. The fourth-order valence-corrected chi connectivity index (χ4v) is 5.12. The lowest BCUT2D eigenvalue weighted by Gasteiger charge is -2.32. The van der Waals surface area contributed by atoms with Crippen molar-refractivity contribution in [1.82, 2.24) is 10.3 Å². The first-order chi connectivity index (χ1) is 16.3. The van der Waals surface area contributed by atoms with Crippen molar-refractivity contribution >= 4 is 28.8 Å². The summed E-state index contributed by atoms with van der Waals surface area (Å²) in [6.45, 7) is 8.92. The molecular weight excluding hydrogens is 446 g/mol. The van der Waals surface area contributed by atoms with Crippen molar-refractivity contribution in [2.75, 3.05) is 18.1 Å². The zero-order valence-corrected chi connectivity index (χ0v) is 20.9. The Hall–Kier alpha value is -3.03. The van der Waals surface area contributed by atoms with E-state index < -0.39 is 6.04 Å². The molecule has 3 aromatic rings. The van der Waals surface area contributed by atoms with Crippen molar-refractivity contribution in [2.45, 2.75) is 52.7 Å². The summed E-state index contributed by atoms with van der Waals surface area (Å²) >= 11 is 1.36. The highest BCUT2D eigenvalue weighted by molar-refractivity contribution is 7.13. The number of rotatable bonds is 7. The van der Waals surface area contributed by atoms with Crippen LogP contribution in [0.2, 0.25) is 0 Å². The molecule has 0 spiro atoms. The molecule has 178 valence electrons. The lowest BCUT2D eigenvalue weighted by atomic mass is 10.0. The minimum absolute atomic E-state index is 0.0116. The number of anilines is 1. The maximum atomic E-state index is 14.0. The van der Waals surface area contributed by atoms with Gasteiger partial charge in [0.05, 0.1) is 16.8 Å². The van der Waals surface area contributed by atoms with Gasteiger partial charge in [0.15, 0.2) is 0 Å². The van der Waals surface area contributed by atoms with Crippen LogP contribution in [0, 0.1) is 27.7 Å². The maximum absolute atomic E-state index is 14.0. The SMILES string of the molecule is Cc1nc(C)c(C(=O)N(c2ccc(C)c(C)c2)[C@@H](C(=O)NC[C@@H]2CCCO2)c2ccccc2)s1. The number of carbonyl (C=O) groups excluding carboxylic acids is 2. The molecule has 0 bridgehead atoms. The van der Waals surface area contributed by atoms with Gasteiger partial charge in [-0.25, -0.2) is 4.98 Å². The van der Waals surface area contributed by atoms with Gasteiger partial charge < -0.3 is 10.1 Å². The van der Waals surface area contributed by atoms with Crippen LogP contribution in [0.15, 0.2) is 48.5 Å². The Balaban J connectivity index is 1.79. The Bertz CT molecular complexity index is 1170. The predicted octanol–water partition coefficient (Wildman–Crippen LogP) is 5.06. The zero-order valence-electron chi connectivity index (χ0n) is 20.1. The summed E-state index contributed by atoms with van der Waals surface area (Å²) in [4.78, 5) is 34.4. The van der Waals surface area contributed by atoms with Gasteiger partial charge in [0.2, 0.25) is 5.91 Å². The van der Waals surface area contributed by atoms with Crippen molar-refractivity contribution in [3.8, 4) is 0 Å². The van der Waals surface area contributed by atoms with Gasteiger partial charge in [0.25, 0.3) is 5.91 Å². The molecule has 34 heavy (non-hydrogen) atoms. The molecule has 2 aromatic carbocycles. The van der Waals surface area contributed by atoms with Gasteiger partial charge in [-0.3, -0.25) is 14.5 Å². The molecule has 0 saturated carbocycles. The Morgan fingerprint density at radius 1 is 1.12 bits per heavy atom. The number of hydrogen-bond donors (Lipinski definition) is 1. The minimum atomic E-state index is -0.834. The Morgan fingerprint density at radius 2 is 1.88 bits per heavy atom. The number of aromatic nitrogens is 1. The second kappa shape index (κ2) is 10.5. The van der Waals surface area contributed by atoms with E-state index in [-0.39, 0.29) is 17.9 Å². The monoisotopic (exact) mass is 477 g/mol. The number of ether oxygens (including phenoxy) is 1. The number of hydrogen-bond acceptors (Lipinski definition) is 5. The molecule has 0 aliphatic carbocycles. The second-order valence-corrected chi connectivity index (χ2v) is 9.99. The molecule has 7 heteroatoms. The number of nitrogens with one attached hydrogen (secondary N) is 1. The maximum Gasteiger partial charge on any atom is 0.271 e. The third-order valence-corrected chi connectivity index (χ3v) is 7.30. The van der Waals surface area contributed by atoms with Gasteiger partial charge in [-0.05, 0) is 69.4 Å². The summed E-state index contributed by atoms with van der Waals surface area (Å²) in [6.07, 6.45) is 1.94. The van der Waals surface area contributed by atoms with Crippen LogP contribution in [0.1, 0.15) is 55.9 Å². The highest BCUT2D eigenvalue weighted by atomic mass is 32.1. The summed E-state index contributed by atoms with van der Waals surface area (Å²) in [5, 5.41) is 3.87. The van der Waals surface area contributed by atoms with E-state index in [0.717, 1.165) is 41.1 Å². The van der Waals surface area contributed by atoms with Crippen molar-refractivity contribution in [3.63, 3.8) is 0 Å². The van der Waals surface area contributed by atoms with Gasteiger partial charge in [-0.1, -0.05) is 36.4 Å². The van der Waals surface area contributed by atoms with Gasteiger partial charge >= 0.3 is 0 Å². The third kappa shape index (κ3) is 5.21. The molecule has 0 unspecified atom stereocenters. The molecule has 4 rings (SSSR count). The van der Waals surface area contributed by atoms with E-state index in [2.05, 4.69) is 10.3 Å². The lowest BCUT2D eigenvalue weighted by Crippen LogP contribution is -2.45. The molecule has 1 aromatic heterocycles. The average molecular weight is 478 g/mol. The molecule has 1 fully saturated rings. The molecule has 1 aliphatic heterocycles. The molecule has 1 aliphatic rings. The summed E-state index contributed by atoms with van der Waals surface area (Å²) in [5.41, 5.74) is 4.28. The molecule has 2 atom stereocenters. The summed E-state index contributed by atoms with van der Waals surface area (Å²) in [6, 6.07) is 14.5. The summed E-state index contributed by atoms with van der Waals surface area (Å²) in [5.74, 6) is -0.459. The topological polar surface area (TPSA) is 71.5 Å². The van der Waals surface area contributed by atoms with Crippen LogP contribution < -0.4 is 10.2 Å². The first-order valence-electron chi connectivity index (χ1n) is 11.6. The van der Waals surface area contributed by atoms with Gasteiger partial charge in [0.1, 0.15) is 10.9 Å². The van der Waals surface area contributed by atoms with Gasteiger partial charge in [-0.15, -0.1) is 11.3 Å². The molecule has 0 radical (unpaired) electrons. The van der Waals surface area contributed by atoms with E-state index in [1.807, 2.05) is 76.2 Å². The normalized spacial score (nSPS) is 16.3. The van der Waals surface area contributed by atoms with E-state index in [4.69, 9.17) is 4.74 Å². The zero-order chi connectivity index (χ0) is 24.2. The van der Waals surface area contributed by atoms with Crippen molar-refractivity contribution in [3.05, 3.63) is 80.8 Å². The second-order valence-electron chi connectivity index (χ2n) is 8.78. The Labute approximate surface area is 205 Å². The van der Waals surface area contributed by atoms with Gasteiger partial charge in [0, 0.05) is 18.8 Å². The number of thiazole rings is 1. The van der Waals surface area contributed by atoms with Crippen LogP contribution in [0.5, 0.6) is 0 Å². The van der Waals surface area contributed by atoms with E-state index >= 15 is 0 Å². The largest absolute Gasteiger partial charge is 0.376 e. The standard InChI is InChI=1S/C27H31N3O3S/c1-17-12-13-22(15-18(17)2)30(27(32)25-19(3)29-20(4)34-25)24(21-9-6-5-7-10-21)26(31)28-16-23-11-8-14-33-23/h5-7,9-10,12-13,15,23-24H,8,11,14,16H2,1-4H3,(H,28,31)/t23-,24+/m0/s1. The molecule has 1 N–H and O–H groups in total. The number of benzene rings is 2. The molecule has 1 saturated heterocycles.